The Kier molecular flexibility index (Phi) is 4.65. The Labute approximate surface area is 120 Å². The van der Waals surface area contributed by atoms with E-state index < -0.39 is 28.9 Å². The molecule has 0 aliphatic carbocycles. The van der Waals surface area contributed by atoms with E-state index in [-0.39, 0.29) is 18.2 Å². The number of benzene rings is 1. The van der Waals surface area contributed by atoms with Gasteiger partial charge < -0.3 is 4.90 Å². The molecule has 0 spiro atoms. The molecule has 0 radical (unpaired) electrons. The van der Waals surface area contributed by atoms with Crippen molar-refractivity contribution in [2.24, 2.45) is 0 Å². The van der Waals surface area contributed by atoms with Gasteiger partial charge in [-0.15, -0.1) is 0 Å². The van der Waals surface area contributed by atoms with Crippen LogP contribution in [0, 0.1) is 17.5 Å². The molecule has 0 aromatic heterocycles. The van der Waals surface area contributed by atoms with E-state index in [0.29, 0.717) is 13.0 Å². The quantitative estimate of drug-likeness (QED) is 0.804. The smallest absolute Gasteiger partial charge is 0.257 e. The van der Waals surface area contributed by atoms with Gasteiger partial charge in [0.25, 0.3) is 5.91 Å². The summed E-state index contributed by atoms with van der Waals surface area (Å²) in [5.74, 6) is -5.22. The van der Waals surface area contributed by atoms with Crippen molar-refractivity contribution in [2.75, 3.05) is 6.54 Å². The van der Waals surface area contributed by atoms with Crippen molar-refractivity contribution in [3.63, 3.8) is 0 Å². The van der Waals surface area contributed by atoms with E-state index in [1.807, 2.05) is 0 Å². The highest BCUT2D eigenvalue weighted by atomic mass is 19.2. The second-order valence-corrected chi connectivity index (χ2v) is 5.28. The molecule has 3 nitrogen and oxygen atoms in total. The average molecular weight is 299 g/mol. The SMILES string of the molecule is CC(=O)CC1CCCCN1C(=O)c1ccc(F)c(F)c1F. The Bertz CT molecular complexity index is 574. The molecule has 1 aromatic rings. The molecule has 0 saturated carbocycles. The number of carbonyl (C=O) groups excluding carboxylic acids is 2. The first-order chi connectivity index (χ1) is 9.91. The van der Waals surface area contributed by atoms with Crippen LogP contribution >= 0.6 is 0 Å². The molecule has 1 fully saturated rings. The van der Waals surface area contributed by atoms with E-state index in [1.165, 1.54) is 11.8 Å². The second kappa shape index (κ2) is 6.28. The molecule has 1 aliphatic rings. The molecule has 1 atom stereocenters. The van der Waals surface area contributed by atoms with Gasteiger partial charge >= 0.3 is 0 Å². The van der Waals surface area contributed by atoms with Crippen LogP contribution in [0.2, 0.25) is 0 Å². The maximum absolute atomic E-state index is 13.7. The Morgan fingerprint density at radius 3 is 2.57 bits per heavy atom. The Hall–Kier alpha value is -1.85. The van der Waals surface area contributed by atoms with E-state index in [2.05, 4.69) is 0 Å². The van der Waals surface area contributed by atoms with Gasteiger partial charge in [-0.1, -0.05) is 0 Å². The molecule has 1 unspecified atom stereocenters. The molecule has 2 rings (SSSR count). The Balaban J connectivity index is 2.29. The van der Waals surface area contributed by atoms with E-state index >= 15 is 0 Å². The van der Waals surface area contributed by atoms with Crippen LogP contribution in [0.3, 0.4) is 0 Å². The zero-order chi connectivity index (χ0) is 15.6. The van der Waals surface area contributed by atoms with Gasteiger partial charge in [0.1, 0.15) is 5.78 Å². The predicted octanol–water partition coefficient (Wildman–Crippen LogP) is 3.08. The average Bonchev–Trinajstić information content (AvgIpc) is 2.44. The summed E-state index contributed by atoms with van der Waals surface area (Å²) in [7, 11) is 0. The monoisotopic (exact) mass is 299 g/mol. The van der Waals surface area contributed by atoms with Gasteiger partial charge in [-0.2, -0.15) is 0 Å². The largest absolute Gasteiger partial charge is 0.335 e. The zero-order valence-electron chi connectivity index (χ0n) is 11.7. The number of nitrogens with zero attached hydrogens (tertiary/aromatic N) is 1. The van der Waals surface area contributed by atoms with Crippen molar-refractivity contribution >= 4 is 11.7 Å². The third-order valence-corrected chi connectivity index (χ3v) is 3.68. The summed E-state index contributed by atoms with van der Waals surface area (Å²) in [4.78, 5) is 25.0. The fraction of sp³-hybridized carbons (Fsp3) is 0.467. The van der Waals surface area contributed by atoms with Gasteiger partial charge in [0.15, 0.2) is 17.5 Å². The number of ketones is 1. The minimum Gasteiger partial charge on any atom is -0.335 e. The van der Waals surface area contributed by atoms with Gasteiger partial charge in [0, 0.05) is 19.0 Å². The number of likely N-dealkylation sites (tertiary alicyclic amines) is 1. The number of hydrogen-bond acceptors (Lipinski definition) is 2. The number of carbonyl (C=O) groups is 2. The lowest BCUT2D eigenvalue weighted by molar-refractivity contribution is -0.118. The summed E-state index contributed by atoms with van der Waals surface area (Å²) in [6, 6.07) is 1.36. The van der Waals surface area contributed by atoms with Gasteiger partial charge in [0.2, 0.25) is 0 Å². The fourth-order valence-electron chi connectivity index (χ4n) is 2.66. The van der Waals surface area contributed by atoms with Gasteiger partial charge in [-0.25, -0.2) is 13.2 Å². The first-order valence-corrected chi connectivity index (χ1v) is 6.85. The lowest BCUT2D eigenvalue weighted by Crippen LogP contribution is -2.44. The van der Waals surface area contributed by atoms with Crippen LogP contribution in [0.4, 0.5) is 13.2 Å². The molecule has 6 heteroatoms. The van der Waals surface area contributed by atoms with E-state index in [9.17, 15) is 22.8 Å². The maximum atomic E-state index is 13.7. The van der Waals surface area contributed by atoms with Gasteiger partial charge in [-0.3, -0.25) is 9.59 Å². The number of rotatable bonds is 3. The highest BCUT2D eigenvalue weighted by Gasteiger charge is 2.30. The van der Waals surface area contributed by atoms with Crippen molar-refractivity contribution in [1.29, 1.82) is 0 Å². The molecule has 1 amide bonds. The molecule has 0 N–H and O–H groups in total. The molecular weight excluding hydrogens is 283 g/mol. The van der Waals surface area contributed by atoms with Crippen molar-refractivity contribution in [2.45, 2.75) is 38.6 Å². The lowest BCUT2D eigenvalue weighted by atomic mass is 9.96. The maximum Gasteiger partial charge on any atom is 0.257 e. The summed E-state index contributed by atoms with van der Waals surface area (Å²) in [5, 5.41) is 0. The summed E-state index contributed by atoms with van der Waals surface area (Å²) in [6.45, 7) is 1.81. The van der Waals surface area contributed by atoms with Crippen LogP contribution in [-0.4, -0.2) is 29.2 Å². The molecule has 1 heterocycles. The van der Waals surface area contributed by atoms with Gasteiger partial charge in [-0.05, 0) is 38.3 Å². The fourth-order valence-corrected chi connectivity index (χ4v) is 2.66. The number of piperidine rings is 1. The lowest BCUT2D eigenvalue weighted by Gasteiger charge is -2.35. The van der Waals surface area contributed by atoms with Crippen molar-refractivity contribution in [1.82, 2.24) is 4.90 Å². The molecule has 114 valence electrons. The third-order valence-electron chi connectivity index (χ3n) is 3.68. The molecule has 1 aliphatic heterocycles. The number of halogens is 3. The summed E-state index contributed by atoms with van der Waals surface area (Å²) in [5.41, 5.74) is -0.496. The van der Waals surface area contributed by atoms with Crippen LogP contribution in [0.15, 0.2) is 12.1 Å². The summed E-state index contributed by atoms with van der Waals surface area (Å²) in [6.07, 6.45) is 2.46. The second-order valence-electron chi connectivity index (χ2n) is 5.28. The van der Waals surface area contributed by atoms with E-state index in [0.717, 1.165) is 25.0 Å². The van der Waals surface area contributed by atoms with Crippen molar-refractivity contribution in [3.8, 4) is 0 Å². The van der Waals surface area contributed by atoms with Crippen LogP contribution in [0.1, 0.15) is 43.0 Å². The van der Waals surface area contributed by atoms with Crippen LogP contribution in [0.5, 0.6) is 0 Å². The molecular formula is C15H16F3NO2. The van der Waals surface area contributed by atoms with Crippen molar-refractivity contribution in [3.05, 3.63) is 35.1 Å². The molecule has 1 aromatic carbocycles. The molecule has 21 heavy (non-hydrogen) atoms. The molecule has 0 bridgehead atoms. The van der Waals surface area contributed by atoms with Gasteiger partial charge in [0.05, 0.1) is 5.56 Å². The Morgan fingerprint density at radius 1 is 1.19 bits per heavy atom. The van der Waals surface area contributed by atoms with Crippen molar-refractivity contribution < 1.29 is 22.8 Å². The normalized spacial score (nSPS) is 18.7. The summed E-state index contributed by atoms with van der Waals surface area (Å²) < 4.78 is 39.9. The zero-order valence-corrected chi connectivity index (χ0v) is 11.7. The number of Topliss-reactive ketones (excluding diaryl/α,β-unsaturated/α-hetero) is 1. The van der Waals surface area contributed by atoms with E-state index in [4.69, 9.17) is 0 Å². The van der Waals surface area contributed by atoms with Crippen LogP contribution < -0.4 is 0 Å². The molecule has 1 saturated heterocycles. The van der Waals surface area contributed by atoms with E-state index in [1.54, 1.807) is 0 Å². The Morgan fingerprint density at radius 2 is 1.90 bits per heavy atom. The minimum absolute atomic E-state index is 0.0644. The number of hydrogen-bond donors (Lipinski definition) is 0. The minimum atomic E-state index is -1.65. The topological polar surface area (TPSA) is 37.4 Å². The first-order valence-electron chi connectivity index (χ1n) is 6.85. The highest BCUT2D eigenvalue weighted by molar-refractivity contribution is 5.95. The van der Waals surface area contributed by atoms with Crippen LogP contribution in [-0.2, 0) is 4.79 Å². The first kappa shape index (κ1) is 15.5. The highest BCUT2D eigenvalue weighted by Crippen LogP contribution is 2.24. The third kappa shape index (κ3) is 3.25. The predicted molar refractivity (Wildman–Crippen MR) is 70.3 cm³/mol. The standard InChI is InChI=1S/C15H16F3NO2/c1-9(20)8-10-4-2-3-7-19(10)15(21)11-5-6-12(16)14(18)13(11)17/h5-6,10H,2-4,7-8H2,1H3. The number of amides is 1. The van der Waals surface area contributed by atoms with Crippen LogP contribution in [0.25, 0.3) is 0 Å². The summed E-state index contributed by atoms with van der Waals surface area (Å²) >= 11 is 0.